The van der Waals surface area contributed by atoms with E-state index in [2.05, 4.69) is 69.6 Å². The van der Waals surface area contributed by atoms with E-state index >= 15 is 0 Å². The lowest BCUT2D eigenvalue weighted by Gasteiger charge is -2.24. The lowest BCUT2D eigenvalue weighted by molar-refractivity contribution is -0.119. The fourth-order valence-corrected chi connectivity index (χ4v) is 14.1. The summed E-state index contributed by atoms with van der Waals surface area (Å²) >= 11 is 0.344. The van der Waals surface area contributed by atoms with Gasteiger partial charge >= 0.3 is 13.7 Å². The second-order valence-electron chi connectivity index (χ2n) is 21.9. The van der Waals surface area contributed by atoms with Crippen molar-refractivity contribution < 1.29 is 37.3 Å². The summed E-state index contributed by atoms with van der Waals surface area (Å²) < 4.78 is 52.8. The van der Waals surface area contributed by atoms with Crippen LogP contribution in [0.15, 0.2) is 206 Å². The first-order valence-electron chi connectivity index (χ1n) is 30.2. The minimum absolute atomic E-state index is 0.0463. The van der Waals surface area contributed by atoms with Crippen LogP contribution in [0.25, 0.3) is 64.9 Å². The Morgan fingerprint density at radius 3 is 1.25 bits per heavy atom. The molecule has 0 spiro atoms. The summed E-state index contributed by atoms with van der Waals surface area (Å²) in [5, 5.41) is 28.2. The van der Waals surface area contributed by atoms with Gasteiger partial charge in [-0.1, -0.05) is 143 Å². The fraction of sp³-hybridized carbons (Fsp3) is 0.139. The maximum absolute atomic E-state index is 12.5. The number of ether oxygens (including phenoxy) is 4. The van der Waals surface area contributed by atoms with Crippen LogP contribution in [0.1, 0.15) is 48.5 Å². The number of nitrogens with two attached hydrogens (primary N) is 1. The quantitative estimate of drug-likeness (QED) is 0.0276. The molecule has 0 radical (unpaired) electrons. The number of hydrogen-bond donors (Lipinski definition) is 3. The van der Waals surface area contributed by atoms with E-state index in [4.69, 9.17) is 34.6 Å². The van der Waals surface area contributed by atoms with Crippen LogP contribution in [0.2, 0.25) is 0 Å². The highest BCUT2D eigenvalue weighted by molar-refractivity contribution is 7.77. The largest absolute Gasteiger partial charge is 0.497 e. The van der Waals surface area contributed by atoms with E-state index in [1.165, 1.54) is 22.7 Å². The Labute approximate surface area is 548 Å². The normalized spacial score (nSPS) is 12.2. The molecule has 0 aliphatic rings. The highest BCUT2D eigenvalue weighted by atomic mass is 32.2. The molecule has 0 bridgehead atoms. The highest BCUT2D eigenvalue weighted by Gasteiger charge is 2.38. The number of amides is 2. The maximum atomic E-state index is 12.5. The van der Waals surface area contributed by atoms with Crippen LogP contribution in [0, 0.1) is 22.7 Å². The van der Waals surface area contributed by atoms with Gasteiger partial charge in [0, 0.05) is 47.1 Å². The number of unbranched alkanes of at least 4 members (excludes halogenated alkanes) is 2. The van der Waals surface area contributed by atoms with Crippen LogP contribution >= 0.6 is 22.7 Å². The summed E-state index contributed by atoms with van der Waals surface area (Å²) in [6.45, 7) is -0.704. The zero-order chi connectivity index (χ0) is 64.4. The molecule has 0 aliphatic carbocycles. The molecule has 21 heteroatoms. The predicted molar refractivity (Wildman–Crippen MR) is 372 cm³/mol. The van der Waals surface area contributed by atoms with Crippen molar-refractivity contribution in [2.24, 2.45) is 5.73 Å². The molecule has 0 fully saturated rings. The summed E-state index contributed by atoms with van der Waals surface area (Å²) in [7, 11) is 3.22. The molecule has 4 N–H and O–H groups in total. The molecular weight excluding hydrogens is 1220 g/mol. The minimum atomic E-state index is -2.45. The van der Waals surface area contributed by atoms with Gasteiger partial charge < -0.3 is 33.6 Å². The van der Waals surface area contributed by atoms with Gasteiger partial charge in [-0.2, -0.15) is 10.5 Å². The van der Waals surface area contributed by atoms with Crippen molar-refractivity contribution in [3.63, 3.8) is 0 Å². The third kappa shape index (κ3) is 13.5. The minimum Gasteiger partial charge on any atom is -0.497 e. The number of aromatic nitrogens is 4. The number of carbonyl (C=O) groups is 2. The third-order valence-electron chi connectivity index (χ3n) is 16.1. The van der Waals surface area contributed by atoms with Gasteiger partial charge in [-0.15, -0.1) is 22.7 Å². The van der Waals surface area contributed by atoms with Gasteiger partial charge in [0.15, 0.2) is 0 Å². The molecule has 0 saturated heterocycles. The lowest BCUT2D eigenvalue weighted by atomic mass is 9.50. The van der Waals surface area contributed by atoms with Crippen LogP contribution in [-0.2, 0) is 20.9 Å². The number of rotatable bonds is 25. The molecule has 1 unspecified atom stereocenters. The van der Waals surface area contributed by atoms with Crippen LogP contribution in [0.3, 0.4) is 0 Å². The Bertz CT molecular complexity index is 4760. The first-order chi connectivity index (χ1) is 45.5. The highest BCUT2D eigenvalue weighted by Crippen LogP contribution is 2.39. The molecule has 93 heavy (non-hydrogen) atoms. The number of benzene rings is 8. The molecule has 0 aliphatic heterocycles. The molecule has 0 saturated carbocycles. The number of nitrogens with one attached hydrogen (secondary N) is 1. The number of hydrogen-bond acceptors (Lipinski definition) is 13. The number of carbonyl (C=O) groups excluding carboxylic acids is 2. The molecule has 4 heterocycles. The summed E-state index contributed by atoms with van der Waals surface area (Å²) in [4.78, 5) is 34.6. The molecule has 460 valence electrons. The maximum Gasteiger partial charge on any atom is 0.328 e. The van der Waals surface area contributed by atoms with Crippen molar-refractivity contribution in [3.8, 4) is 57.7 Å². The van der Waals surface area contributed by atoms with Crippen molar-refractivity contribution >= 4 is 124 Å². The average molecular weight is 1280 g/mol. The lowest BCUT2D eigenvalue weighted by Crippen LogP contribution is -2.54. The van der Waals surface area contributed by atoms with E-state index in [0.717, 1.165) is 36.8 Å². The Balaban J connectivity index is 1.29. The topological polar surface area (TPSA) is 230 Å². The van der Waals surface area contributed by atoms with Crippen molar-refractivity contribution in [1.29, 1.82) is 10.5 Å². The molecule has 12 rings (SSSR count). The van der Waals surface area contributed by atoms with Crippen LogP contribution in [0.5, 0.6) is 23.0 Å². The standard InChI is InChI=1S/C72H60B2N8O8S3/c1-87-55-37-39-61-59(43-55)78-71(91-61)57(45-75)69-65-66(68(82(69)74(51-23-11-5-12-24-51)52-25-13-6-14-26-52)48-31-35-54(36-32-48)90-42-18-16-28-64(84)80-93(85)86)70(58(46-76)72-79-60-44-56(88-2)38-40-62(60)92-72)81(73(49-19-7-3-8-20-49)50-21-9-4-10-22-50)67(65)47-29-33-53(34-30-47)89-41-17-15-27-63(77)83/h3-14,19-26,29-40,43-44H,15-18,27-28,41-42H2,1-2H3,(H2,77,83)(H,80,84)(H,85,86)/b69-57-,70-58-. The van der Waals surface area contributed by atoms with Gasteiger partial charge in [0.1, 0.15) is 56.3 Å². The van der Waals surface area contributed by atoms with E-state index in [0.29, 0.717) is 115 Å². The summed E-state index contributed by atoms with van der Waals surface area (Å²) in [5.41, 5.74) is 13.7. The Morgan fingerprint density at radius 2 is 0.903 bits per heavy atom. The number of methoxy groups -OCH3 is 2. The Hall–Kier alpha value is -10.5. The van der Waals surface area contributed by atoms with Gasteiger partial charge in [0.2, 0.25) is 11.8 Å². The average Bonchev–Trinajstić information content (AvgIpc) is 1.53. The van der Waals surface area contributed by atoms with Crippen molar-refractivity contribution in [2.45, 2.75) is 38.5 Å². The van der Waals surface area contributed by atoms with E-state index in [1.54, 1.807) is 14.2 Å². The molecule has 4 aromatic heterocycles. The van der Waals surface area contributed by atoms with Crippen molar-refractivity contribution in [3.05, 3.63) is 227 Å². The molecule has 12 aromatic rings. The Morgan fingerprint density at radius 1 is 0.538 bits per heavy atom. The van der Waals surface area contributed by atoms with Gasteiger partial charge in [0.05, 0.1) is 58.6 Å². The molecule has 2 amide bonds. The van der Waals surface area contributed by atoms with Crippen molar-refractivity contribution in [2.75, 3.05) is 27.4 Å². The van der Waals surface area contributed by atoms with Gasteiger partial charge in [-0.25, -0.2) is 14.2 Å². The van der Waals surface area contributed by atoms with E-state index < -0.39 is 30.9 Å². The third-order valence-corrected chi connectivity index (χ3v) is 18.6. The number of fused-ring (bicyclic) bond motifs is 3. The zero-order valence-corrected chi connectivity index (χ0v) is 53.2. The molecule has 16 nitrogen and oxygen atoms in total. The van der Waals surface area contributed by atoms with E-state index in [9.17, 15) is 28.9 Å². The number of primary amides is 1. The number of nitriles is 2. The molecule has 8 aromatic carbocycles. The summed E-state index contributed by atoms with van der Waals surface area (Å²) in [6.07, 6.45) is 2.38. The molecular formula is C72H60B2N8O8S3. The second kappa shape index (κ2) is 28.7. The van der Waals surface area contributed by atoms with Gasteiger partial charge in [0.25, 0.3) is 11.3 Å². The summed E-state index contributed by atoms with van der Waals surface area (Å²) in [5.74, 6) is 1.45. The van der Waals surface area contributed by atoms with Crippen LogP contribution in [0.4, 0.5) is 0 Å². The second-order valence-corrected chi connectivity index (χ2v) is 24.7. The fourth-order valence-electron chi connectivity index (χ4n) is 11.9. The van der Waals surface area contributed by atoms with Crippen molar-refractivity contribution in [1.82, 2.24) is 23.6 Å². The van der Waals surface area contributed by atoms with Gasteiger partial charge in [-0.05, 0) is 110 Å². The van der Waals surface area contributed by atoms with E-state index in [1.807, 2.05) is 162 Å². The predicted octanol–water partition coefficient (Wildman–Crippen LogP) is 9.60. The van der Waals surface area contributed by atoms with Crippen LogP contribution < -0.4 is 62.0 Å². The first-order valence-corrected chi connectivity index (χ1v) is 32.9. The van der Waals surface area contributed by atoms with Crippen LogP contribution in [-0.4, -0.2) is 80.6 Å². The smallest absolute Gasteiger partial charge is 0.328 e. The Kier molecular flexibility index (Phi) is 19.4. The zero-order valence-electron chi connectivity index (χ0n) is 50.7. The SMILES string of the molecule is COc1ccc2sc(/C(C#N)=c3/c4c(-c5ccc(OCCCCC(=O)NS(=O)O)cc5)n(B(c5ccccc5)c5ccccc5)/c(=C(/C#N)c5nc6cc(OC)ccc6s5)c4c(-c4ccc(OCCCCC(N)=O)cc4)n3B(c3ccccc3)c3ccccc3)nc2c1. The van der Waals surface area contributed by atoms with Gasteiger partial charge in [-0.3, -0.25) is 18.9 Å². The van der Waals surface area contributed by atoms with E-state index in [-0.39, 0.29) is 36.5 Å². The molecule has 1 atom stereocenters. The summed E-state index contributed by atoms with van der Waals surface area (Å²) in [6, 6.07) is 73.4. The number of thiazole rings is 2. The monoisotopic (exact) mass is 1280 g/mol. The number of nitrogens with zero attached hydrogens (tertiary/aromatic N) is 6. The first kappa shape index (κ1) is 62.6.